The molecule has 2 rings (SSSR count). The van der Waals surface area contributed by atoms with E-state index in [9.17, 15) is 9.59 Å². The maximum Gasteiger partial charge on any atom is 0.307 e. The van der Waals surface area contributed by atoms with Crippen molar-refractivity contribution in [3.8, 4) is 0 Å². The van der Waals surface area contributed by atoms with Crippen molar-refractivity contribution in [2.24, 2.45) is 11.8 Å². The molecule has 1 fully saturated rings. The van der Waals surface area contributed by atoms with Crippen molar-refractivity contribution in [3.05, 3.63) is 34.9 Å². The Bertz CT molecular complexity index is 500. The van der Waals surface area contributed by atoms with Gasteiger partial charge in [0.15, 0.2) is 0 Å². The van der Waals surface area contributed by atoms with E-state index in [0.29, 0.717) is 10.9 Å². The van der Waals surface area contributed by atoms with Gasteiger partial charge >= 0.3 is 5.97 Å². The summed E-state index contributed by atoms with van der Waals surface area (Å²) in [5.41, 5.74) is 0.849. The van der Waals surface area contributed by atoms with Gasteiger partial charge in [0.1, 0.15) is 0 Å². The summed E-state index contributed by atoms with van der Waals surface area (Å²) in [4.78, 5) is 23.5. The van der Waals surface area contributed by atoms with Crippen LogP contribution in [0.3, 0.4) is 0 Å². The van der Waals surface area contributed by atoms with Gasteiger partial charge in [-0.15, -0.1) is 0 Å². The lowest BCUT2D eigenvalue weighted by molar-refractivity contribution is -0.141. The third-order valence-electron chi connectivity index (χ3n) is 3.63. The SMILES string of the molecule is COC(=O)C[C@H](NC(=O)[C@H]1C[C@@H]1C)c1ccc(Cl)cc1. The van der Waals surface area contributed by atoms with Crippen molar-refractivity contribution < 1.29 is 14.3 Å². The Morgan fingerprint density at radius 2 is 2.00 bits per heavy atom. The van der Waals surface area contributed by atoms with Gasteiger partial charge in [0.25, 0.3) is 0 Å². The number of esters is 1. The second-order valence-corrected chi connectivity index (χ2v) is 5.65. The highest BCUT2D eigenvalue weighted by atomic mass is 35.5. The topological polar surface area (TPSA) is 55.4 Å². The van der Waals surface area contributed by atoms with Crippen LogP contribution >= 0.6 is 11.6 Å². The summed E-state index contributed by atoms with van der Waals surface area (Å²) in [7, 11) is 1.34. The van der Waals surface area contributed by atoms with Gasteiger partial charge in [0, 0.05) is 10.9 Å². The zero-order chi connectivity index (χ0) is 14.7. The number of benzene rings is 1. The zero-order valence-electron chi connectivity index (χ0n) is 11.6. The van der Waals surface area contributed by atoms with E-state index < -0.39 is 0 Å². The van der Waals surface area contributed by atoms with Crippen LogP contribution in [0.1, 0.15) is 31.4 Å². The van der Waals surface area contributed by atoms with Crippen LogP contribution in [-0.4, -0.2) is 19.0 Å². The highest BCUT2D eigenvalue weighted by Crippen LogP contribution is 2.38. The van der Waals surface area contributed by atoms with Gasteiger partial charge in [-0.3, -0.25) is 9.59 Å². The molecule has 108 valence electrons. The fourth-order valence-electron chi connectivity index (χ4n) is 2.16. The van der Waals surface area contributed by atoms with E-state index in [1.165, 1.54) is 7.11 Å². The van der Waals surface area contributed by atoms with Crippen molar-refractivity contribution in [2.45, 2.75) is 25.8 Å². The second kappa shape index (κ2) is 6.27. The number of hydrogen-bond donors (Lipinski definition) is 1. The molecule has 20 heavy (non-hydrogen) atoms. The van der Waals surface area contributed by atoms with Gasteiger partial charge in [-0.25, -0.2) is 0 Å². The number of carbonyl (C=O) groups is 2. The van der Waals surface area contributed by atoms with Crippen molar-refractivity contribution >= 4 is 23.5 Å². The Labute approximate surface area is 123 Å². The predicted octanol–water partition coefficient (Wildman–Crippen LogP) is 2.72. The van der Waals surface area contributed by atoms with Crippen LogP contribution in [0.4, 0.5) is 0 Å². The minimum absolute atomic E-state index is 0.00125. The summed E-state index contributed by atoms with van der Waals surface area (Å²) in [5, 5.41) is 3.55. The van der Waals surface area contributed by atoms with Crippen LogP contribution in [0.5, 0.6) is 0 Å². The van der Waals surface area contributed by atoms with Crippen LogP contribution < -0.4 is 5.32 Å². The molecule has 3 atom stereocenters. The monoisotopic (exact) mass is 295 g/mol. The molecule has 1 aliphatic carbocycles. The number of hydrogen-bond acceptors (Lipinski definition) is 3. The Morgan fingerprint density at radius 3 is 2.50 bits per heavy atom. The van der Waals surface area contributed by atoms with E-state index in [4.69, 9.17) is 11.6 Å². The number of ether oxygens (including phenoxy) is 1. The third kappa shape index (κ3) is 3.73. The Balaban J connectivity index is 2.09. The first-order valence-electron chi connectivity index (χ1n) is 6.64. The molecular formula is C15H18ClNO3. The van der Waals surface area contributed by atoms with Crippen LogP contribution in [0.2, 0.25) is 5.02 Å². The van der Waals surface area contributed by atoms with Gasteiger partial charge < -0.3 is 10.1 Å². The molecule has 0 heterocycles. The number of halogens is 1. The molecule has 0 aromatic heterocycles. The number of amides is 1. The molecule has 1 saturated carbocycles. The van der Waals surface area contributed by atoms with Crippen LogP contribution in [0, 0.1) is 11.8 Å². The van der Waals surface area contributed by atoms with E-state index in [1.54, 1.807) is 12.1 Å². The molecule has 4 nitrogen and oxygen atoms in total. The molecule has 0 aliphatic heterocycles. The normalized spacial score (nSPS) is 21.9. The number of rotatable bonds is 5. The first-order chi connectivity index (χ1) is 9.51. The molecule has 1 aliphatic rings. The Hall–Kier alpha value is -1.55. The second-order valence-electron chi connectivity index (χ2n) is 5.21. The lowest BCUT2D eigenvalue weighted by Gasteiger charge is -2.18. The third-order valence-corrected chi connectivity index (χ3v) is 3.89. The first kappa shape index (κ1) is 14.9. The number of methoxy groups -OCH3 is 1. The van der Waals surface area contributed by atoms with Crippen molar-refractivity contribution in [1.29, 1.82) is 0 Å². The molecule has 0 saturated heterocycles. The summed E-state index contributed by atoms with van der Waals surface area (Å²) in [6.45, 7) is 2.04. The molecule has 5 heteroatoms. The van der Waals surface area contributed by atoms with E-state index in [2.05, 4.69) is 10.1 Å². The van der Waals surface area contributed by atoms with Crippen LogP contribution in [-0.2, 0) is 14.3 Å². The summed E-state index contributed by atoms with van der Waals surface area (Å²) in [5.74, 6) is 0.150. The van der Waals surface area contributed by atoms with Crippen molar-refractivity contribution in [3.63, 3.8) is 0 Å². The van der Waals surface area contributed by atoms with E-state index in [0.717, 1.165) is 12.0 Å². The fourth-order valence-corrected chi connectivity index (χ4v) is 2.29. The van der Waals surface area contributed by atoms with E-state index >= 15 is 0 Å². The average Bonchev–Trinajstić information content (AvgIpc) is 3.16. The summed E-state index contributed by atoms with van der Waals surface area (Å²) in [6, 6.07) is 6.74. The molecule has 0 bridgehead atoms. The quantitative estimate of drug-likeness (QED) is 0.850. The minimum Gasteiger partial charge on any atom is -0.469 e. The standard InChI is InChI=1S/C15H18ClNO3/c1-9-7-12(9)15(19)17-13(8-14(18)20-2)10-3-5-11(16)6-4-10/h3-6,9,12-13H,7-8H2,1-2H3,(H,17,19)/t9-,12-,13-/m0/s1. The molecule has 1 aromatic carbocycles. The van der Waals surface area contributed by atoms with Gasteiger partial charge in [0.05, 0.1) is 19.6 Å². The summed E-state index contributed by atoms with van der Waals surface area (Å²) < 4.78 is 4.69. The fraction of sp³-hybridized carbons (Fsp3) is 0.467. The van der Waals surface area contributed by atoms with E-state index in [1.807, 2.05) is 19.1 Å². The highest BCUT2D eigenvalue weighted by Gasteiger charge is 2.40. The molecule has 1 N–H and O–H groups in total. The molecule has 1 amide bonds. The van der Waals surface area contributed by atoms with Gasteiger partial charge in [-0.1, -0.05) is 30.7 Å². The van der Waals surface area contributed by atoms with Crippen molar-refractivity contribution in [2.75, 3.05) is 7.11 Å². The summed E-state index contributed by atoms with van der Waals surface area (Å²) >= 11 is 5.86. The molecular weight excluding hydrogens is 278 g/mol. The molecule has 0 radical (unpaired) electrons. The predicted molar refractivity (Wildman–Crippen MR) is 76.2 cm³/mol. The minimum atomic E-state index is -0.375. The lowest BCUT2D eigenvalue weighted by Crippen LogP contribution is -2.31. The molecule has 1 aromatic rings. The van der Waals surface area contributed by atoms with Gasteiger partial charge in [0.2, 0.25) is 5.91 Å². The number of carbonyl (C=O) groups excluding carboxylic acids is 2. The smallest absolute Gasteiger partial charge is 0.307 e. The largest absolute Gasteiger partial charge is 0.469 e. The van der Waals surface area contributed by atoms with Gasteiger partial charge in [-0.05, 0) is 30.0 Å². The maximum absolute atomic E-state index is 12.0. The maximum atomic E-state index is 12.0. The summed E-state index contributed by atoms with van der Waals surface area (Å²) in [6.07, 6.45) is 1.03. The van der Waals surface area contributed by atoms with Crippen LogP contribution in [0.25, 0.3) is 0 Å². The van der Waals surface area contributed by atoms with Gasteiger partial charge in [-0.2, -0.15) is 0 Å². The molecule has 0 spiro atoms. The average molecular weight is 296 g/mol. The first-order valence-corrected chi connectivity index (χ1v) is 7.01. The Morgan fingerprint density at radius 1 is 1.40 bits per heavy atom. The zero-order valence-corrected chi connectivity index (χ0v) is 12.3. The highest BCUT2D eigenvalue weighted by molar-refractivity contribution is 6.30. The Kier molecular flexibility index (Phi) is 4.65. The van der Waals surface area contributed by atoms with Crippen molar-refractivity contribution in [1.82, 2.24) is 5.32 Å². The van der Waals surface area contributed by atoms with Crippen LogP contribution in [0.15, 0.2) is 24.3 Å². The molecule has 0 unspecified atom stereocenters. The van der Waals surface area contributed by atoms with E-state index in [-0.39, 0.29) is 30.3 Å². The lowest BCUT2D eigenvalue weighted by atomic mass is 10.0. The number of nitrogens with one attached hydrogen (secondary N) is 1.